The molecule has 3 rings (SSSR count). The summed E-state index contributed by atoms with van der Waals surface area (Å²) in [4.78, 5) is 29.4. The highest BCUT2D eigenvalue weighted by Crippen LogP contribution is 2.28. The van der Waals surface area contributed by atoms with Gasteiger partial charge in [-0.3, -0.25) is 13.9 Å². The number of anilines is 1. The van der Waals surface area contributed by atoms with Crippen LogP contribution in [0.4, 0.5) is 5.69 Å². The fourth-order valence-electron chi connectivity index (χ4n) is 4.56. The lowest BCUT2D eigenvalue weighted by molar-refractivity contribution is -0.140. The van der Waals surface area contributed by atoms with Crippen LogP contribution >= 0.6 is 23.2 Å². The van der Waals surface area contributed by atoms with E-state index in [1.54, 1.807) is 30.3 Å². The molecule has 0 saturated carbocycles. The Bertz CT molecular complexity index is 1440. The maximum absolute atomic E-state index is 14.2. The molecular weight excluding hydrogens is 581 g/mol. The van der Waals surface area contributed by atoms with Crippen molar-refractivity contribution in [1.29, 1.82) is 0 Å². The molecule has 2 atom stereocenters. The van der Waals surface area contributed by atoms with E-state index in [1.165, 1.54) is 4.90 Å². The lowest BCUT2D eigenvalue weighted by Gasteiger charge is -2.34. The van der Waals surface area contributed by atoms with Crippen LogP contribution in [-0.4, -0.2) is 50.0 Å². The molecule has 0 spiro atoms. The third kappa shape index (κ3) is 8.96. The average Bonchev–Trinajstić information content (AvgIpc) is 2.89. The molecule has 0 saturated heterocycles. The molecule has 0 radical (unpaired) electrons. The number of aryl methyl sites for hydroxylation is 2. The molecule has 0 fully saturated rings. The van der Waals surface area contributed by atoms with Gasteiger partial charge in [0, 0.05) is 34.6 Å². The molecule has 0 aliphatic rings. The van der Waals surface area contributed by atoms with Gasteiger partial charge in [0.15, 0.2) is 0 Å². The summed E-state index contributed by atoms with van der Waals surface area (Å²) in [5.41, 5.74) is 3.40. The van der Waals surface area contributed by atoms with Gasteiger partial charge in [0.2, 0.25) is 21.8 Å². The first-order chi connectivity index (χ1) is 19.3. The minimum Gasteiger partial charge on any atom is -0.352 e. The molecule has 10 heteroatoms. The van der Waals surface area contributed by atoms with Gasteiger partial charge < -0.3 is 10.2 Å². The number of carbonyl (C=O) groups excluding carboxylic acids is 2. The van der Waals surface area contributed by atoms with Gasteiger partial charge in [0.05, 0.1) is 11.9 Å². The number of nitrogens with one attached hydrogen (secondary N) is 1. The fraction of sp³-hybridized carbons (Fsp3) is 0.355. The van der Waals surface area contributed by atoms with E-state index in [1.807, 2.05) is 64.1 Å². The Morgan fingerprint density at radius 1 is 0.927 bits per heavy atom. The van der Waals surface area contributed by atoms with Crippen molar-refractivity contribution in [2.75, 3.05) is 17.1 Å². The molecule has 0 heterocycles. The van der Waals surface area contributed by atoms with Crippen LogP contribution in [0.15, 0.2) is 66.7 Å². The Morgan fingerprint density at radius 2 is 1.51 bits per heavy atom. The number of carbonyl (C=O) groups is 2. The predicted octanol–water partition coefficient (Wildman–Crippen LogP) is 5.93. The number of benzene rings is 3. The molecule has 2 unspecified atom stereocenters. The van der Waals surface area contributed by atoms with Crippen molar-refractivity contribution in [3.05, 3.63) is 99.0 Å². The van der Waals surface area contributed by atoms with Gasteiger partial charge in [-0.1, -0.05) is 72.6 Å². The monoisotopic (exact) mass is 617 g/mol. The first kappa shape index (κ1) is 32.4. The normalized spacial score (nSPS) is 12.9. The lowest BCUT2D eigenvalue weighted by Crippen LogP contribution is -2.54. The van der Waals surface area contributed by atoms with Gasteiger partial charge in [-0.15, -0.1) is 0 Å². The highest BCUT2D eigenvalue weighted by atomic mass is 35.5. The van der Waals surface area contributed by atoms with Crippen molar-refractivity contribution in [2.45, 2.75) is 59.2 Å². The van der Waals surface area contributed by atoms with E-state index in [2.05, 4.69) is 5.32 Å². The highest BCUT2D eigenvalue weighted by Gasteiger charge is 2.34. The molecule has 3 aromatic carbocycles. The predicted molar refractivity (Wildman–Crippen MR) is 167 cm³/mol. The number of halogens is 2. The maximum Gasteiger partial charge on any atom is 0.244 e. The van der Waals surface area contributed by atoms with Crippen LogP contribution in [0.3, 0.4) is 0 Å². The number of sulfonamides is 1. The summed E-state index contributed by atoms with van der Waals surface area (Å²) in [6.45, 7) is 6.97. The Morgan fingerprint density at radius 3 is 2.05 bits per heavy atom. The summed E-state index contributed by atoms with van der Waals surface area (Å²) >= 11 is 13.0. The summed E-state index contributed by atoms with van der Waals surface area (Å²) in [7, 11) is -3.86. The van der Waals surface area contributed by atoms with Crippen LogP contribution < -0.4 is 9.62 Å². The maximum atomic E-state index is 14.2. The molecule has 220 valence electrons. The van der Waals surface area contributed by atoms with E-state index in [-0.39, 0.29) is 24.9 Å². The Hall–Kier alpha value is -3.07. The summed E-state index contributed by atoms with van der Waals surface area (Å²) in [6.07, 6.45) is 1.96. The lowest BCUT2D eigenvalue weighted by atomic mass is 10.0. The highest BCUT2D eigenvalue weighted by molar-refractivity contribution is 7.92. The molecule has 41 heavy (non-hydrogen) atoms. The molecule has 7 nitrogen and oxygen atoms in total. The first-order valence-corrected chi connectivity index (χ1v) is 16.0. The Balaban J connectivity index is 2.13. The van der Waals surface area contributed by atoms with Gasteiger partial charge in [0.25, 0.3) is 0 Å². The van der Waals surface area contributed by atoms with Gasteiger partial charge in [0.1, 0.15) is 12.6 Å². The van der Waals surface area contributed by atoms with Crippen molar-refractivity contribution in [1.82, 2.24) is 10.2 Å². The van der Waals surface area contributed by atoms with Crippen LogP contribution in [0.1, 0.15) is 42.5 Å². The number of rotatable bonds is 12. The number of amides is 2. The van der Waals surface area contributed by atoms with Crippen LogP contribution in [0.25, 0.3) is 0 Å². The summed E-state index contributed by atoms with van der Waals surface area (Å²) in [6, 6.07) is 18.6. The van der Waals surface area contributed by atoms with E-state index in [0.29, 0.717) is 27.7 Å². The second kappa shape index (κ2) is 14.2. The number of hydrogen-bond acceptors (Lipinski definition) is 4. The zero-order valence-electron chi connectivity index (χ0n) is 24.0. The largest absolute Gasteiger partial charge is 0.352 e. The van der Waals surface area contributed by atoms with Crippen molar-refractivity contribution in [3.8, 4) is 0 Å². The van der Waals surface area contributed by atoms with E-state index >= 15 is 0 Å². The second-order valence-corrected chi connectivity index (χ2v) is 13.1. The fourth-order valence-corrected chi connectivity index (χ4v) is 5.91. The third-order valence-electron chi connectivity index (χ3n) is 6.84. The van der Waals surface area contributed by atoms with Crippen molar-refractivity contribution in [3.63, 3.8) is 0 Å². The topological polar surface area (TPSA) is 86.8 Å². The first-order valence-electron chi connectivity index (χ1n) is 13.4. The van der Waals surface area contributed by atoms with Crippen molar-refractivity contribution >= 4 is 50.7 Å². The van der Waals surface area contributed by atoms with Crippen LogP contribution in [0.5, 0.6) is 0 Å². The van der Waals surface area contributed by atoms with E-state index in [4.69, 9.17) is 23.2 Å². The van der Waals surface area contributed by atoms with E-state index in [0.717, 1.165) is 27.3 Å². The standard InChI is InChI=1S/C31H37Cl2N3O4S/c1-6-23(4)34-31(38)29(18-24-11-8-7-9-12-24)35(19-26-27(32)13-10-14-28(26)33)30(37)20-36(41(5,39)40)25-16-21(2)15-22(3)17-25/h7-17,23,29H,6,18-20H2,1-5H3,(H,34,38). The minimum atomic E-state index is -3.86. The molecule has 0 aliphatic carbocycles. The Labute approximate surface area is 253 Å². The average molecular weight is 619 g/mol. The van der Waals surface area contributed by atoms with Gasteiger partial charge in [-0.05, 0) is 68.1 Å². The van der Waals surface area contributed by atoms with Crippen molar-refractivity contribution in [2.24, 2.45) is 0 Å². The summed E-state index contributed by atoms with van der Waals surface area (Å²) < 4.78 is 27.1. The summed E-state index contributed by atoms with van der Waals surface area (Å²) in [5.74, 6) is -0.914. The van der Waals surface area contributed by atoms with Crippen LogP contribution in [0.2, 0.25) is 10.0 Å². The van der Waals surface area contributed by atoms with Gasteiger partial charge >= 0.3 is 0 Å². The number of nitrogens with zero attached hydrogens (tertiary/aromatic N) is 2. The minimum absolute atomic E-state index is 0.0901. The number of hydrogen-bond donors (Lipinski definition) is 1. The molecule has 3 aromatic rings. The van der Waals surface area contributed by atoms with E-state index < -0.39 is 28.5 Å². The third-order valence-corrected chi connectivity index (χ3v) is 8.68. The molecular formula is C31H37Cl2N3O4S. The van der Waals surface area contributed by atoms with Crippen LogP contribution in [0, 0.1) is 13.8 Å². The van der Waals surface area contributed by atoms with Crippen LogP contribution in [-0.2, 0) is 32.6 Å². The quantitative estimate of drug-likeness (QED) is 0.273. The van der Waals surface area contributed by atoms with E-state index in [9.17, 15) is 18.0 Å². The molecule has 1 N–H and O–H groups in total. The second-order valence-electron chi connectivity index (χ2n) is 10.4. The molecule has 0 bridgehead atoms. The Kier molecular flexibility index (Phi) is 11.2. The SMILES string of the molecule is CCC(C)NC(=O)C(Cc1ccccc1)N(Cc1c(Cl)cccc1Cl)C(=O)CN(c1cc(C)cc(C)c1)S(C)(=O)=O. The molecule has 0 aromatic heterocycles. The van der Waals surface area contributed by atoms with Gasteiger partial charge in [-0.2, -0.15) is 0 Å². The van der Waals surface area contributed by atoms with Gasteiger partial charge in [-0.25, -0.2) is 8.42 Å². The molecule has 0 aliphatic heterocycles. The summed E-state index contributed by atoms with van der Waals surface area (Å²) in [5, 5.41) is 3.68. The molecule has 2 amide bonds. The zero-order chi connectivity index (χ0) is 30.3. The van der Waals surface area contributed by atoms with Crippen molar-refractivity contribution < 1.29 is 18.0 Å². The smallest absolute Gasteiger partial charge is 0.244 e. The zero-order valence-corrected chi connectivity index (χ0v) is 26.4.